The Hall–Kier alpha value is -4.84. The van der Waals surface area contributed by atoms with Crippen molar-refractivity contribution in [3.8, 4) is 11.8 Å². The van der Waals surface area contributed by atoms with Gasteiger partial charge in [0.25, 0.3) is 5.91 Å². The second-order valence-corrected chi connectivity index (χ2v) is 10.5. The maximum atomic E-state index is 13.5. The van der Waals surface area contributed by atoms with E-state index in [2.05, 4.69) is 37.5 Å². The highest BCUT2D eigenvalue weighted by atomic mass is 32.1. The number of hydrogen-bond donors (Lipinski definition) is 3. The maximum Gasteiger partial charge on any atom is 0.331 e. The topological polar surface area (TPSA) is 138 Å². The molecule has 0 radical (unpaired) electrons. The number of anilines is 3. The van der Waals surface area contributed by atoms with Gasteiger partial charge in [-0.2, -0.15) is 0 Å². The summed E-state index contributed by atoms with van der Waals surface area (Å²) >= 11 is 1.22. The van der Waals surface area contributed by atoms with E-state index in [4.69, 9.17) is 4.74 Å². The van der Waals surface area contributed by atoms with Crippen molar-refractivity contribution >= 4 is 56.5 Å². The van der Waals surface area contributed by atoms with Gasteiger partial charge in [-0.25, -0.2) is 19.7 Å². The Labute approximate surface area is 233 Å². The van der Waals surface area contributed by atoms with E-state index in [1.54, 1.807) is 47.8 Å². The average Bonchev–Trinajstić information content (AvgIpc) is 3.55. The van der Waals surface area contributed by atoms with Crippen LogP contribution >= 0.6 is 11.3 Å². The van der Waals surface area contributed by atoms with E-state index in [1.807, 2.05) is 13.0 Å². The lowest BCUT2D eigenvalue weighted by Crippen LogP contribution is -2.48. The number of thiophene rings is 1. The molecule has 0 saturated heterocycles. The minimum absolute atomic E-state index is 0.178. The van der Waals surface area contributed by atoms with E-state index in [0.29, 0.717) is 37.9 Å². The quantitative estimate of drug-likeness (QED) is 0.278. The molecule has 2 unspecified atom stereocenters. The van der Waals surface area contributed by atoms with Crippen LogP contribution in [-0.2, 0) is 4.79 Å². The summed E-state index contributed by atoms with van der Waals surface area (Å²) in [6.07, 6.45) is 8.43. The number of carbonyl (C=O) groups excluding carboxylic acids is 3. The van der Waals surface area contributed by atoms with Crippen molar-refractivity contribution in [3.05, 3.63) is 72.0 Å². The zero-order valence-electron chi connectivity index (χ0n) is 21.5. The lowest BCUT2D eigenvalue weighted by molar-refractivity contribution is -0.117. The number of pyridine rings is 1. The van der Waals surface area contributed by atoms with Crippen LogP contribution in [0.3, 0.4) is 0 Å². The van der Waals surface area contributed by atoms with Crippen LogP contribution in [0.25, 0.3) is 10.2 Å². The molecule has 1 aromatic carbocycles. The Morgan fingerprint density at radius 3 is 2.62 bits per heavy atom. The van der Waals surface area contributed by atoms with Gasteiger partial charge in [-0.05, 0) is 68.2 Å². The third-order valence-electron chi connectivity index (χ3n) is 6.96. The highest BCUT2D eigenvalue weighted by Gasteiger charge is 2.35. The second kappa shape index (κ2) is 10.4. The highest BCUT2D eigenvalue weighted by molar-refractivity contribution is 7.21. The Morgan fingerprint density at radius 2 is 1.88 bits per heavy atom. The molecule has 2 atom stereocenters. The summed E-state index contributed by atoms with van der Waals surface area (Å²) in [7, 11) is 0. The summed E-state index contributed by atoms with van der Waals surface area (Å²) in [4.78, 5) is 54.0. The summed E-state index contributed by atoms with van der Waals surface area (Å²) in [6, 6.07) is 8.24. The Balaban J connectivity index is 1.30. The van der Waals surface area contributed by atoms with Crippen LogP contribution in [0.15, 0.2) is 61.6 Å². The smallest absolute Gasteiger partial charge is 0.331 e. The number of nitrogens with one attached hydrogen (secondary N) is 3. The van der Waals surface area contributed by atoms with Crippen molar-refractivity contribution in [2.75, 3.05) is 10.2 Å². The molecule has 4 heterocycles. The highest BCUT2D eigenvalue weighted by Crippen LogP contribution is 2.46. The van der Waals surface area contributed by atoms with Gasteiger partial charge in [0.05, 0.1) is 22.4 Å². The van der Waals surface area contributed by atoms with Crippen molar-refractivity contribution in [2.45, 2.75) is 38.3 Å². The lowest BCUT2D eigenvalue weighted by Gasteiger charge is -2.29. The maximum absolute atomic E-state index is 13.5. The SMILES string of the molecule is C=CC(=O)NC1CCCC1NC(=O)c1sc2nccc3c2c1NC(=O)N3c1ccc(Oc2ncccn2)cc1C. The number of benzene rings is 1. The number of aryl methyl sites for hydroxylation is 1. The molecular weight excluding hydrogens is 530 g/mol. The summed E-state index contributed by atoms with van der Waals surface area (Å²) < 4.78 is 5.74. The van der Waals surface area contributed by atoms with Crippen molar-refractivity contribution in [1.29, 1.82) is 0 Å². The molecule has 6 rings (SSSR count). The lowest BCUT2D eigenvalue weighted by atomic mass is 10.1. The van der Waals surface area contributed by atoms with Crippen molar-refractivity contribution in [2.24, 2.45) is 0 Å². The van der Waals surface area contributed by atoms with Crippen LogP contribution < -0.4 is 25.6 Å². The van der Waals surface area contributed by atoms with Gasteiger partial charge in [-0.15, -0.1) is 11.3 Å². The minimum atomic E-state index is -0.396. The average molecular weight is 556 g/mol. The number of aromatic nitrogens is 3. The molecule has 202 valence electrons. The van der Waals surface area contributed by atoms with Crippen molar-refractivity contribution in [1.82, 2.24) is 25.6 Å². The summed E-state index contributed by atoms with van der Waals surface area (Å²) in [5.74, 6) is -0.0507. The first-order valence-corrected chi connectivity index (χ1v) is 13.6. The minimum Gasteiger partial charge on any atom is -0.424 e. The van der Waals surface area contributed by atoms with E-state index in [-0.39, 0.29) is 29.9 Å². The largest absolute Gasteiger partial charge is 0.424 e. The molecule has 4 amide bonds. The van der Waals surface area contributed by atoms with Crippen LogP contribution in [0, 0.1) is 6.92 Å². The standard InChI is InChI=1S/C28H25N7O4S/c1-3-21(36)32-17-6-4-7-18(17)33-25(37)24-23-22-20(10-13-29-26(22)40-24)35(28(38)34-23)19-9-8-16(14-15(19)2)39-27-30-11-5-12-31-27/h3,5,8-14,17-18H,1,4,6-7H2,2H3,(H,32,36)(H,33,37)(H,34,38). The predicted octanol–water partition coefficient (Wildman–Crippen LogP) is 4.82. The molecule has 1 aliphatic heterocycles. The monoisotopic (exact) mass is 555 g/mol. The number of amides is 4. The fraction of sp³-hybridized carbons (Fsp3) is 0.214. The van der Waals surface area contributed by atoms with Crippen LogP contribution in [0.5, 0.6) is 11.8 Å². The van der Waals surface area contributed by atoms with Gasteiger partial charge in [0.2, 0.25) is 5.91 Å². The van der Waals surface area contributed by atoms with Gasteiger partial charge in [0, 0.05) is 30.7 Å². The first kappa shape index (κ1) is 25.4. The zero-order valence-corrected chi connectivity index (χ0v) is 22.3. The van der Waals surface area contributed by atoms with Gasteiger partial charge in [0.15, 0.2) is 0 Å². The van der Waals surface area contributed by atoms with E-state index in [9.17, 15) is 14.4 Å². The molecule has 3 N–H and O–H groups in total. The fourth-order valence-corrected chi connectivity index (χ4v) is 6.17. The van der Waals surface area contributed by atoms with Crippen LogP contribution in [0.1, 0.15) is 34.5 Å². The Kier molecular flexibility index (Phi) is 6.60. The summed E-state index contributed by atoms with van der Waals surface area (Å²) in [5.41, 5.74) is 2.50. The number of nitrogens with zero attached hydrogens (tertiary/aromatic N) is 4. The molecule has 0 spiro atoms. The van der Waals surface area contributed by atoms with Gasteiger partial charge < -0.3 is 20.7 Å². The molecule has 1 aliphatic carbocycles. The van der Waals surface area contributed by atoms with Gasteiger partial charge >= 0.3 is 12.0 Å². The molecule has 11 nitrogen and oxygen atoms in total. The molecule has 40 heavy (non-hydrogen) atoms. The number of hydrogen-bond acceptors (Lipinski definition) is 8. The van der Waals surface area contributed by atoms with Crippen LogP contribution in [0.4, 0.5) is 21.9 Å². The van der Waals surface area contributed by atoms with E-state index < -0.39 is 6.03 Å². The summed E-state index contributed by atoms with van der Waals surface area (Å²) in [5, 5.41) is 9.56. The molecule has 2 aliphatic rings. The van der Waals surface area contributed by atoms with Crippen molar-refractivity contribution in [3.63, 3.8) is 0 Å². The zero-order chi connectivity index (χ0) is 27.8. The van der Waals surface area contributed by atoms with Crippen molar-refractivity contribution < 1.29 is 19.1 Å². The Bertz CT molecular complexity index is 1660. The number of rotatable bonds is 7. The molecule has 1 saturated carbocycles. The molecule has 12 heteroatoms. The van der Waals surface area contributed by atoms with Gasteiger partial charge in [-0.3, -0.25) is 14.5 Å². The first-order chi connectivity index (χ1) is 19.4. The number of ether oxygens (including phenoxy) is 1. The van der Waals surface area contributed by atoms with Gasteiger partial charge in [0.1, 0.15) is 15.5 Å². The van der Waals surface area contributed by atoms with E-state index in [1.165, 1.54) is 17.4 Å². The second-order valence-electron chi connectivity index (χ2n) is 9.49. The van der Waals surface area contributed by atoms with Crippen LogP contribution in [-0.4, -0.2) is 44.9 Å². The number of urea groups is 1. The molecule has 0 bridgehead atoms. The van der Waals surface area contributed by atoms with E-state index in [0.717, 1.165) is 24.8 Å². The molecule has 1 fully saturated rings. The predicted molar refractivity (Wildman–Crippen MR) is 151 cm³/mol. The molecular formula is C28H25N7O4S. The van der Waals surface area contributed by atoms with E-state index >= 15 is 0 Å². The summed E-state index contributed by atoms with van der Waals surface area (Å²) in [6.45, 7) is 5.38. The third-order valence-corrected chi connectivity index (χ3v) is 8.05. The molecule has 3 aromatic heterocycles. The Morgan fingerprint density at radius 1 is 1.10 bits per heavy atom. The van der Waals surface area contributed by atoms with Gasteiger partial charge in [-0.1, -0.05) is 6.58 Å². The number of carbonyl (C=O) groups is 3. The first-order valence-electron chi connectivity index (χ1n) is 12.7. The van der Waals surface area contributed by atoms with Crippen LogP contribution in [0.2, 0.25) is 0 Å². The molecule has 4 aromatic rings. The third kappa shape index (κ3) is 4.62. The normalized spacial score (nSPS) is 17.8. The fourth-order valence-electron chi connectivity index (χ4n) is 5.15.